The van der Waals surface area contributed by atoms with Gasteiger partial charge in [0.05, 0.1) is 23.2 Å². The zero-order chi connectivity index (χ0) is 25.0. The highest BCUT2D eigenvalue weighted by Crippen LogP contribution is 2.53. The molecule has 0 bridgehead atoms. The molecule has 2 aromatic heterocycles. The Morgan fingerprint density at radius 1 is 1.06 bits per heavy atom. The highest BCUT2D eigenvalue weighted by atomic mass is 19.1. The summed E-state index contributed by atoms with van der Waals surface area (Å²) in [6.07, 6.45) is 4.52. The number of benzene rings is 2. The van der Waals surface area contributed by atoms with Gasteiger partial charge in [-0.05, 0) is 49.4 Å². The molecule has 1 N–H and O–H groups in total. The van der Waals surface area contributed by atoms with Crippen LogP contribution < -0.4 is 0 Å². The highest BCUT2D eigenvalue weighted by molar-refractivity contribution is 5.98. The lowest BCUT2D eigenvalue weighted by Gasteiger charge is -2.48. The van der Waals surface area contributed by atoms with E-state index < -0.39 is 5.41 Å². The Labute approximate surface area is 208 Å². The van der Waals surface area contributed by atoms with Crippen LogP contribution in [0.4, 0.5) is 4.39 Å². The molecule has 6 rings (SSSR count). The molecule has 6 heteroatoms. The molecule has 2 aliphatic carbocycles. The summed E-state index contributed by atoms with van der Waals surface area (Å²) in [5.41, 5.74) is 4.34. The number of carbonyl (C=O) groups excluding carboxylic acids is 1. The lowest BCUT2D eigenvalue weighted by Crippen LogP contribution is -2.48. The molecule has 180 valence electrons. The molecule has 0 aliphatic heterocycles. The maximum atomic E-state index is 15.1. The monoisotopic (exact) mass is 479 g/mol. The zero-order valence-corrected chi connectivity index (χ0v) is 20.2. The number of rotatable bonds is 2. The molecule has 0 unspecified atom stereocenters. The van der Waals surface area contributed by atoms with Gasteiger partial charge in [0.1, 0.15) is 5.82 Å². The summed E-state index contributed by atoms with van der Waals surface area (Å²) >= 11 is 0. The maximum absolute atomic E-state index is 15.1. The van der Waals surface area contributed by atoms with Crippen molar-refractivity contribution in [3.63, 3.8) is 0 Å². The summed E-state index contributed by atoms with van der Waals surface area (Å²) in [6, 6.07) is 16.4. The molecule has 0 spiro atoms. The normalized spacial score (nSPS) is 24.5. The molecule has 1 saturated carbocycles. The van der Waals surface area contributed by atoms with E-state index in [1.807, 2.05) is 43.3 Å². The van der Waals surface area contributed by atoms with Crippen molar-refractivity contribution in [3.05, 3.63) is 89.7 Å². The topological polar surface area (TPSA) is 76.0 Å². The molecule has 3 atom stereocenters. The lowest BCUT2D eigenvalue weighted by molar-refractivity contribution is -0.124. The third-order valence-corrected chi connectivity index (χ3v) is 8.13. The Balaban J connectivity index is 1.66. The fourth-order valence-corrected chi connectivity index (χ4v) is 6.37. The molecule has 2 aliphatic rings. The van der Waals surface area contributed by atoms with E-state index in [2.05, 4.69) is 11.9 Å². The van der Waals surface area contributed by atoms with E-state index >= 15 is 4.39 Å². The van der Waals surface area contributed by atoms with E-state index in [9.17, 15) is 9.90 Å². The number of carbonyl (C=O) groups is 1. The third kappa shape index (κ3) is 3.28. The molecule has 0 saturated heterocycles. The minimum atomic E-state index is -0.504. The van der Waals surface area contributed by atoms with Gasteiger partial charge in [-0.3, -0.25) is 9.78 Å². The zero-order valence-electron chi connectivity index (χ0n) is 20.2. The summed E-state index contributed by atoms with van der Waals surface area (Å²) in [5.74, 6) is -0.0166. The van der Waals surface area contributed by atoms with Crippen molar-refractivity contribution in [2.45, 2.75) is 38.5 Å². The van der Waals surface area contributed by atoms with Gasteiger partial charge in [-0.1, -0.05) is 44.2 Å². The second kappa shape index (κ2) is 8.33. The molecule has 2 heterocycles. The summed E-state index contributed by atoms with van der Waals surface area (Å²) in [7, 11) is 0. The van der Waals surface area contributed by atoms with Crippen LogP contribution in [0.1, 0.15) is 37.9 Å². The van der Waals surface area contributed by atoms with Gasteiger partial charge in [-0.2, -0.15) is 0 Å². The van der Waals surface area contributed by atoms with Crippen LogP contribution in [0.3, 0.4) is 0 Å². The predicted octanol–water partition coefficient (Wildman–Crippen LogP) is 6.37. The molecule has 36 heavy (non-hydrogen) atoms. The van der Waals surface area contributed by atoms with Gasteiger partial charge in [0, 0.05) is 45.2 Å². The number of nitrogens with zero attached hydrogens (tertiary/aromatic N) is 3. The smallest absolute Gasteiger partial charge is 0.165 e. The Kier molecular flexibility index (Phi) is 5.21. The first-order chi connectivity index (χ1) is 17.4. The third-order valence-electron chi connectivity index (χ3n) is 8.13. The molecule has 0 amide bonds. The summed E-state index contributed by atoms with van der Waals surface area (Å²) < 4.78 is 15.1. The number of Topliss-reactive ketones (excluding diaryl/α,β-unsaturated/α-hetero) is 1. The van der Waals surface area contributed by atoms with E-state index in [4.69, 9.17) is 9.97 Å². The minimum absolute atomic E-state index is 0.00726. The lowest BCUT2D eigenvalue weighted by atomic mass is 9.55. The van der Waals surface area contributed by atoms with Gasteiger partial charge in [0.15, 0.2) is 11.6 Å². The second-order valence-corrected chi connectivity index (χ2v) is 10.1. The van der Waals surface area contributed by atoms with Gasteiger partial charge in [0.25, 0.3) is 0 Å². The van der Waals surface area contributed by atoms with Crippen LogP contribution in [-0.2, 0) is 16.6 Å². The summed E-state index contributed by atoms with van der Waals surface area (Å²) in [4.78, 5) is 27.5. The Bertz CT molecular complexity index is 1560. The van der Waals surface area contributed by atoms with E-state index in [0.29, 0.717) is 35.5 Å². The minimum Gasteiger partial charge on any atom is -0.515 e. The number of halogens is 1. The van der Waals surface area contributed by atoms with E-state index in [-0.39, 0.29) is 23.4 Å². The van der Waals surface area contributed by atoms with Crippen molar-refractivity contribution < 1.29 is 14.3 Å². The Hall–Kier alpha value is -3.93. The van der Waals surface area contributed by atoms with Gasteiger partial charge < -0.3 is 5.11 Å². The van der Waals surface area contributed by atoms with E-state index in [1.165, 1.54) is 6.07 Å². The van der Waals surface area contributed by atoms with Crippen LogP contribution in [0.25, 0.3) is 33.5 Å². The number of pyridine rings is 1. The molecule has 2 aromatic carbocycles. The van der Waals surface area contributed by atoms with Crippen molar-refractivity contribution in [1.29, 1.82) is 0 Å². The summed E-state index contributed by atoms with van der Waals surface area (Å²) in [5, 5.41) is 10.8. The second-order valence-electron chi connectivity index (χ2n) is 10.1. The molecule has 0 radical (unpaired) electrons. The summed E-state index contributed by atoms with van der Waals surface area (Å²) in [6.45, 7) is 4.06. The highest BCUT2D eigenvalue weighted by Gasteiger charge is 2.51. The average Bonchev–Trinajstić information content (AvgIpc) is 2.90. The van der Waals surface area contributed by atoms with Crippen molar-refractivity contribution in [2.24, 2.45) is 11.8 Å². The number of ketones is 1. The fourth-order valence-electron chi connectivity index (χ4n) is 6.37. The van der Waals surface area contributed by atoms with Gasteiger partial charge in [-0.25, -0.2) is 14.4 Å². The first-order valence-electron chi connectivity index (χ1n) is 12.3. The molecule has 4 aromatic rings. The number of aliphatic hydroxyl groups excluding tert-OH is 1. The van der Waals surface area contributed by atoms with Gasteiger partial charge >= 0.3 is 0 Å². The SMILES string of the molecule is C[C@H]1C(=O)/C(=C\O)C[C@@]2(C)c3nc(-c4cccc5ncccc45)nc(-c4ccccc4F)c3CC[C@H]12. The number of allylic oxidation sites excluding steroid dienone is 1. The van der Waals surface area contributed by atoms with Crippen LogP contribution in [0.15, 0.2) is 72.6 Å². The first kappa shape index (κ1) is 22.5. The molecule has 5 nitrogen and oxygen atoms in total. The average molecular weight is 480 g/mol. The fraction of sp³-hybridized carbons (Fsp3) is 0.267. The number of hydrogen-bond acceptors (Lipinski definition) is 5. The number of fused-ring (bicyclic) bond motifs is 4. The molecular weight excluding hydrogens is 453 g/mol. The van der Waals surface area contributed by atoms with E-state index in [1.54, 1.807) is 18.3 Å². The Morgan fingerprint density at radius 3 is 2.67 bits per heavy atom. The van der Waals surface area contributed by atoms with Crippen LogP contribution in [0.2, 0.25) is 0 Å². The Morgan fingerprint density at radius 2 is 1.86 bits per heavy atom. The first-order valence-corrected chi connectivity index (χ1v) is 12.3. The molecular formula is C30H26FN3O2. The largest absolute Gasteiger partial charge is 0.515 e. The van der Waals surface area contributed by atoms with Crippen LogP contribution in [-0.4, -0.2) is 25.8 Å². The van der Waals surface area contributed by atoms with Crippen molar-refractivity contribution in [3.8, 4) is 22.6 Å². The van der Waals surface area contributed by atoms with Crippen LogP contribution >= 0.6 is 0 Å². The quantitative estimate of drug-likeness (QED) is 0.267. The van der Waals surface area contributed by atoms with Crippen molar-refractivity contribution in [1.82, 2.24) is 15.0 Å². The predicted molar refractivity (Wildman–Crippen MR) is 137 cm³/mol. The van der Waals surface area contributed by atoms with Crippen LogP contribution in [0.5, 0.6) is 0 Å². The van der Waals surface area contributed by atoms with Crippen molar-refractivity contribution >= 4 is 16.7 Å². The number of aliphatic hydroxyl groups is 1. The van der Waals surface area contributed by atoms with Crippen LogP contribution in [0, 0.1) is 17.7 Å². The maximum Gasteiger partial charge on any atom is 0.165 e. The van der Waals surface area contributed by atoms with E-state index in [0.717, 1.165) is 40.4 Å². The molecule has 1 fully saturated rings. The number of aromatic nitrogens is 3. The standard InChI is InChI=1S/C30H26FN3O2/c1-17-23-13-12-22-26(21-7-3-4-10-24(21)31)33-29(20-8-5-11-25-19(20)9-6-14-32-25)34-28(22)30(23,2)15-18(16-35)27(17)36/h3-11,14,16-17,23,35H,12-13,15H2,1-2H3/b18-16-/t17-,23-,30-/m1/s1. The number of hydrogen-bond donors (Lipinski definition) is 1. The van der Waals surface area contributed by atoms with Gasteiger partial charge in [-0.15, -0.1) is 0 Å². The van der Waals surface area contributed by atoms with Gasteiger partial charge in [0.2, 0.25) is 0 Å². The van der Waals surface area contributed by atoms with Crippen molar-refractivity contribution in [2.75, 3.05) is 0 Å².